The van der Waals surface area contributed by atoms with Crippen molar-refractivity contribution in [2.24, 2.45) is 0 Å². The molecule has 0 aliphatic carbocycles. The van der Waals surface area contributed by atoms with Crippen molar-refractivity contribution in [1.82, 2.24) is 29.1 Å². The topological polar surface area (TPSA) is 70.7 Å². The molecule has 0 unspecified atom stereocenters. The van der Waals surface area contributed by atoms with Crippen LogP contribution in [-0.2, 0) is 0 Å². The Morgan fingerprint density at radius 2 is 1.93 bits per heavy atom. The molecule has 1 atom stereocenters. The zero-order valence-electron chi connectivity index (χ0n) is 16.2. The zero-order valence-corrected chi connectivity index (χ0v) is 16.2. The average Bonchev–Trinajstić information content (AvgIpc) is 3.33. The van der Waals surface area contributed by atoms with Gasteiger partial charge in [0.2, 0.25) is 5.95 Å². The van der Waals surface area contributed by atoms with Gasteiger partial charge < -0.3 is 9.30 Å². The Morgan fingerprint density at radius 1 is 1.03 bits per heavy atom. The van der Waals surface area contributed by atoms with E-state index in [9.17, 15) is 4.39 Å². The lowest BCUT2D eigenvalue weighted by atomic mass is 10.00. The molecule has 4 heterocycles. The van der Waals surface area contributed by atoms with Gasteiger partial charge in [0, 0.05) is 12.0 Å². The number of fused-ring (bicyclic) bond motifs is 3. The Hall–Kier alpha value is -3.81. The summed E-state index contributed by atoms with van der Waals surface area (Å²) in [6.45, 7) is 2.37. The first-order valence-electron chi connectivity index (χ1n) is 9.76. The first-order chi connectivity index (χ1) is 14.7. The van der Waals surface area contributed by atoms with Gasteiger partial charge in [-0.2, -0.15) is 4.98 Å². The van der Waals surface area contributed by atoms with Gasteiger partial charge >= 0.3 is 0 Å². The van der Waals surface area contributed by atoms with Crippen LogP contribution in [-0.4, -0.2) is 35.7 Å². The van der Waals surface area contributed by atoms with Gasteiger partial charge in [0.25, 0.3) is 0 Å². The molecule has 6 rings (SSSR count). The molecule has 148 valence electrons. The maximum atomic E-state index is 14.3. The third kappa shape index (κ3) is 2.43. The Kier molecular flexibility index (Phi) is 3.61. The second-order valence-electron chi connectivity index (χ2n) is 7.32. The van der Waals surface area contributed by atoms with E-state index in [0.717, 1.165) is 22.4 Å². The minimum Gasteiger partial charge on any atom is -0.490 e. The molecule has 0 amide bonds. The van der Waals surface area contributed by atoms with Gasteiger partial charge in [0.15, 0.2) is 17.2 Å². The highest BCUT2D eigenvalue weighted by molar-refractivity contribution is 5.77. The van der Waals surface area contributed by atoms with E-state index in [2.05, 4.69) is 19.5 Å². The van der Waals surface area contributed by atoms with Crippen LogP contribution in [0.4, 0.5) is 4.39 Å². The highest BCUT2D eigenvalue weighted by atomic mass is 19.1. The molecule has 0 spiro atoms. The van der Waals surface area contributed by atoms with Gasteiger partial charge in [-0.3, -0.25) is 4.57 Å². The van der Waals surface area contributed by atoms with E-state index in [1.165, 1.54) is 6.07 Å². The quantitative estimate of drug-likeness (QED) is 0.448. The van der Waals surface area contributed by atoms with Crippen LogP contribution in [0.25, 0.3) is 28.1 Å². The van der Waals surface area contributed by atoms with Crippen LogP contribution in [0.1, 0.15) is 23.9 Å². The summed E-state index contributed by atoms with van der Waals surface area (Å²) in [6.07, 6.45) is 4.15. The highest BCUT2D eigenvalue weighted by Crippen LogP contribution is 2.38. The minimum atomic E-state index is -0.348. The number of hydrogen-bond acceptors (Lipinski definition) is 5. The molecule has 7 nitrogen and oxygen atoms in total. The van der Waals surface area contributed by atoms with E-state index in [1.807, 2.05) is 41.8 Å². The van der Waals surface area contributed by atoms with E-state index in [1.54, 1.807) is 18.6 Å². The van der Waals surface area contributed by atoms with Gasteiger partial charge in [0.1, 0.15) is 17.7 Å². The van der Waals surface area contributed by atoms with Crippen molar-refractivity contribution in [3.05, 3.63) is 72.2 Å². The number of nitrogens with zero attached hydrogens (tertiary/aromatic N) is 6. The molecule has 5 aromatic rings. The number of benzene rings is 2. The average molecular weight is 400 g/mol. The Morgan fingerprint density at radius 3 is 2.87 bits per heavy atom. The van der Waals surface area contributed by atoms with Crippen molar-refractivity contribution in [3.8, 4) is 11.7 Å². The van der Waals surface area contributed by atoms with Crippen molar-refractivity contribution >= 4 is 22.2 Å². The first kappa shape index (κ1) is 17.1. The second-order valence-corrected chi connectivity index (χ2v) is 7.32. The molecule has 1 aliphatic rings. The summed E-state index contributed by atoms with van der Waals surface area (Å²) < 4.78 is 23.8. The molecule has 2 aromatic carbocycles. The van der Waals surface area contributed by atoms with E-state index >= 15 is 0 Å². The second kappa shape index (κ2) is 6.35. The molecule has 0 N–H and O–H groups in total. The minimum absolute atomic E-state index is 0.114. The molecule has 30 heavy (non-hydrogen) atoms. The van der Waals surface area contributed by atoms with E-state index in [4.69, 9.17) is 9.72 Å². The molecule has 0 saturated heterocycles. The molecule has 1 aliphatic heterocycles. The number of rotatable bonds is 2. The fourth-order valence-corrected chi connectivity index (χ4v) is 4.24. The highest BCUT2D eigenvalue weighted by Gasteiger charge is 2.28. The summed E-state index contributed by atoms with van der Waals surface area (Å²) in [6, 6.07) is 12.8. The molecule has 0 saturated carbocycles. The molecular weight excluding hydrogens is 383 g/mol. The molecule has 3 aromatic heterocycles. The summed E-state index contributed by atoms with van der Waals surface area (Å²) in [5.74, 6) is 1.28. The number of halogens is 1. The fraction of sp³-hybridized carbons (Fsp3) is 0.182. The lowest BCUT2D eigenvalue weighted by molar-refractivity contribution is 0.244. The van der Waals surface area contributed by atoms with Gasteiger partial charge in [0.05, 0.1) is 29.9 Å². The summed E-state index contributed by atoms with van der Waals surface area (Å²) in [4.78, 5) is 18.4. The van der Waals surface area contributed by atoms with Crippen LogP contribution in [0.3, 0.4) is 0 Å². The van der Waals surface area contributed by atoms with Crippen LogP contribution in [0.2, 0.25) is 0 Å². The smallest absolute Gasteiger partial charge is 0.237 e. The van der Waals surface area contributed by atoms with Crippen molar-refractivity contribution in [2.75, 3.05) is 6.61 Å². The summed E-state index contributed by atoms with van der Waals surface area (Å²) in [7, 11) is 0. The fourth-order valence-electron chi connectivity index (χ4n) is 4.24. The van der Waals surface area contributed by atoms with E-state index in [-0.39, 0.29) is 11.9 Å². The third-order valence-electron chi connectivity index (χ3n) is 5.57. The predicted octanol–water partition coefficient (Wildman–Crippen LogP) is 3.98. The van der Waals surface area contributed by atoms with Crippen LogP contribution in [0.5, 0.6) is 5.75 Å². The molecule has 0 fully saturated rings. The van der Waals surface area contributed by atoms with Crippen LogP contribution < -0.4 is 4.74 Å². The standard InChI is InChI=1S/C22H17FN6O/c1-13-26-17-11-24-22(28-12-25-16-7-2-3-8-19(16)28)27-21(17)29(13)18-9-10-30-20-14(18)5-4-6-15(20)23/h2-8,11-12,18H,9-10H2,1H3/t18-/m1/s1. The van der Waals surface area contributed by atoms with Gasteiger partial charge in [-0.1, -0.05) is 24.3 Å². The summed E-state index contributed by atoms with van der Waals surface area (Å²) >= 11 is 0. The van der Waals surface area contributed by atoms with Crippen LogP contribution in [0.15, 0.2) is 55.0 Å². The van der Waals surface area contributed by atoms with Gasteiger partial charge in [-0.25, -0.2) is 19.3 Å². The van der Waals surface area contributed by atoms with Gasteiger partial charge in [-0.15, -0.1) is 0 Å². The zero-order chi connectivity index (χ0) is 20.2. The lowest BCUT2D eigenvalue weighted by Gasteiger charge is -2.28. The maximum Gasteiger partial charge on any atom is 0.237 e. The Balaban J connectivity index is 1.56. The maximum absolute atomic E-state index is 14.3. The number of hydrogen-bond donors (Lipinski definition) is 0. The third-order valence-corrected chi connectivity index (χ3v) is 5.57. The van der Waals surface area contributed by atoms with E-state index < -0.39 is 0 Å². The molecule has 0 radical (unpaired) electrons. The number of ether oxygens (including phenoxy) is 1. The Bertz CT molecular complexity index is 1420. The summed E-state index contributed by atoms with van der Waals surface area (Å²) in [5.41, 5.74) is 4.01. The van der Waals surface area contributed by atoms with Crippen molar-refractivity contribution < 1.29 is 9.13 Å². The predicted molar refractivity (Wildman–Crippen MR) is 109 cm³/mol. The van der Waals surface area contributed by atoms with E-state index in [0.29, 0.717) is 35.9 Å². The van der Waals surface area contributed by atoms with Crippen LogP contribution in [0, 0.1) is 12.7 Å². The van der Waals surface area contributed by atoms with Crippen molar-refractivity contribution in [1.29, 1.82) is 0 Å². The van der Waals surface area contributed by atoms with Crippen molar-refractivity contribution in [3.63, 3.8) is 0 Å². The largest absolute Gasteiger partial charge is 0.490 e. The Labute approximate surface area is 170 Å². The molecular formula is C22H17FN6O. The van der Waals surface area contributed by atoms with Gasteiger partial charge in [-0.05, 0) is 25.1 Å². The molecule has 8 heteroatoms. The monoisotopic (exact) mass is 400 g/mol. The SMILES string of the molecule is Cc1nc2cnc(-n3cnc4ccccc43)nc2n1[C@@H]1CCOc2c(F)cccc21. The number of para-hydroxylation sites is 3. The number of imidazole rings is 2. The van der Waals surface area contributed by atoms with Crippen molar-refractivity contribution in [2.45, 2.75) is 19.4 Å². The van der Waals surface area contributed by atoms with Crippen LogP contribution >= 0.6 is 0 Å². The first-order valence-corrected chi connectivity index (χ1v) is 9.76. The number of aryl methyl sites for hydroxylation is 1. The molecule has 0 bridgehead atoms. The normalized spacial score (nSPS) is 16.0. The summed E-state index contributed by atoms with van der Waals surface area (Å²) in [5, 5.41) is 0. The number of aromatic nitrogens is 6. The lowest BCUT2D eigenvalue weighted by Crippen LogP contribution is -2.22.